The van der Waals surface area contributed by atoms with Gasteiger partial charge in [0, 0.05) is 0 Å². The van der Waals surface area contributed by atoms with E-state index in [0.717, 1.165) is 4.90 Å². The quantitative estimate of drug-likeness (QED) is 0.871. The molecule has 1 N–H and O–H groups in total. The number of amides is 3. The summed E-state index contributed by atoms with van der Waals surface area (Å²) in [6, 6.07) is 15.5. The number of imide groups is 1. The first kappa shape index (κ1) is 16.5. The van der Waals surface area contributed by atoms with Gasteiger partial charge in [0.25, 0.3) is 5.91 Å². The molecule has 1 saturated heterocycles. The van der Waals surface area contributed by atoms with E-state index in [4.69, 9.17) is 4.74 Å². The first-order valence-corrected chi connectivity index (χ1v) is 7.76. The summed E-state index contributed by atoms with van der Waals surface area (Å²) in [6.07, 6.45) is 0. The minimum Gasteiger partial charge on any atom is -0.497 e. The van der Waals surface area contributed by atoms with Crippen molar-refractivity contribution in [3.8, 4) is 11.8 Å². The Labute approximate surface area is 145 Å². The summed E-state index contributed by atoms with van der Waals surface area (Å²) in [5, 5.41) is 11.9. The molecule has 1 unspecified atom stereocenters. The zero-order valence-electron chi connectivity index (χ0n) is 13.9. The third-order valence-electron chi connectivity index (χ3n) is 4.41. The number of nitrogens with zero attached hydrogens (tertiary/aromatic N) is 2. The Hall–Kier alpha value is -3.33. The van der Waals surface area contributed by atoms with Gasteiger partial charge in [-0.2, -0.15) is 5.26 Å². The standard InChI is InChI=1S/C19H17N3O3/c1-19(15-7-9-16(25-2)10-8-15)17(23)22(18(24)21-19)12-14-6-4-3-5-13(14)11-20/h3-10H,12H2,1-2H3,(H,21,24). The van der Waals surface area contributed by atoms with Crippen molar-refractivity contribution in [1.29, 1.82) is 5.26 Å². The number of ether oxygens (including phenoxy) is 1. The predicted molar refractivity (Wildman–Crippen MR) is 90.6 cm³/mol. The molecule has 3 rings (SSSR count). The van der Waals surface area contributed by atoms with Crippen molar-refractivity contribution in [2.75, 3.05) is 7.11 Å². The summed E-state index contributed by atoms with van der Waals surface area (Å²) in [4.78, 5) is 26.5. The minimum atomic E-state index is -1.15. The molecule has 6 heteroatoms. The van der Waals surface area contributed by atoms with Crippen molar-refractivity contribution in [1.82, 2.24) is 10.2 Å². The minimum absolute atomic E-state index is 0.0557. The number of methoxy groups -OCH3 is 1. The Bertz CT molecular complexity index is 870. The SMILES string of the molecule is COc1ccc(C2(C)NC(=O)N(Cc3ccccc3C#N)C2=O)cc1. The summed E-state index contributed by atoms with van der Waals surface area (Å²) in [6.45, 7) is 1.73. The number of hydrogen-bond donors (Lipinski definition) is 1. The average molecular weight is 335 g/mol. The van der Waals surface area contributed by atoms with Gasteiger partial charge < -0.3 is 10.1 Å². The molecule has 126 valence electrons. The van der Waals surface area contributed by atoms with Gasteiger partial charge in [-0.1, -0.05) is 30.3 Å². The molecule has 1 fully saturated rings. The second kappa shape index (κ2) is 6.29. The Kier molecular flexibility index (Phi) is 4.15. The van der Waals surface area contributed by atoms with Crippen molar-refractivity contribution >= 4 is 11.9 Å². The number of nitriles is 1. The molecular weight excluding hydrogens is 318 g/mol. The van der Waals surface area contributed by atoms with Gasteiger partial charge in [-0.25, -0.2) is 4.79 Å². The van der Waals surface area contributed by atoms with E-state index in [0.29, 0.717) is 22.4 Å². The molecular formula is C19H17N3O3. The fourth-order valence-corrected chi connectivity index (χ4v) is 2.90. The molecule has 0 radical (unpaired) electrons. The van der Waals surface area contributed by atoms with Gasteiger partial charge in [0.1, 0.15) is 11.3 Å². The first-order chi connectivity index (χ1) is 12.0. The monoisotopic (exact) mass is 335 g/mol. The maximum absolute atomic E-state index is 12.9. The van der Waals surface area contributed by atoms with Crippen LogP contribution in [0.5, 0.6) is 5.75 Å². The smallest absolute Gasteiger partial charge is 0.325 e. The van der Waals surface area contributed by atoms with Gasteiger partial charge in [0.05, 0.1) is 25.3 Å². The molecule has 1 heterocycles. The largest absolute Gasteiger partial charge is 0.497 e. The van der Waals surface area contributed by atoms with Crippen LogP contribution in [-0.4, -0.2) is 23.9 Å². The van der Waals surface area contributed by atoms with Crippen LogP contribution in [-0.2, 0) is 16.9 Å². The van der Waals surface area contributed by atoms with E-state index in [-0.39, 0.29) is 12.5 Å². The van der Waals surface area contributed by atoms with Gasteiger partial charge in [-0.05, 0) is 36.2 Å². The number of rotatable bonds is 4. The van der Waals surface area contributed by atoms with E-state index < -0.39 is 11.6 Å². The second-order valence-corrected chi connectivity index (χ2v) is 5.94. The maximum Gasteiger partial charge on any atom is 0.325 e. The van der Waals surface area contributed by atoms with Crippen LogP contribution in [0.25, 0.3) is 0 Å². The summed E-state index contributed by atoms with van der Waals surface area (Å²) < 4.78 is 5.13. The Balaban J connectivity index is 1.90. The first-order valence-electron chi connectivity index (χ1n) is 7.76. The Morgan fingerprint density at radius 3 is 2.48 bits per heavy atom. The molecule has 0 bridgehead atoms. The highest BCUT2D eigenvalue weighted by molar-refractivity contribution is 6.07. The summed E-state index contributed by atoms with van der Waals surface area (Å²) in [7, 11) is 1.56. The molecule has 2 aromatic rings. The van der Waals surface area contributed by atoms with Crippen LogP contribution in [0.3, 0.4) is 0 Å². The lowest BCUT2D eigenvalue weighted by Gasteiger charge is -2.22. The van der Waals surface area contributed by atoms with E-state index in [1.807, 2.05) is 0 Å². The molecule has 1 aliphatic rings. The van der Waals surface area contributed by atoms with Crippen molar-refractivity contribution < 1.29 is 14.3 Å². The molecule has 0 saturated carbocycles. The number of hydrogen-bond acceptors (Lipinski definition) is 4. The molecule has 0 aliphatic carbocycles. The molecule has 6 nitrogen and oxygen atoms in total. The van der Waals surface area contributed by atoms with Crippen LogP contribution < -0.4 is 10.1 Å². The lowest BCUT2D eigenvalue weighted by atomic mass is 9.92. The second-order valence-electron chi connectivity index (χ2n) is 5.94. The van der Waals surface area contributed by atoms with Gasteiger partial charge in [-0.15, -0.1) is 0 Å². The van der Waals surface area contributed by atoms with Crippen LogP contribution in [0.4, 0.5) is 4.79 Å². The van der Waals surface area contributed by atoms with Crippen LogP contribution in [0.2, 0.25) is 0 Å². The van der Waals surface area contributed by atoms with Gasteiger partial charge in [-0.3, -0.25) is 9.69 Å². The van der Waals surface area contributed by atoms with E-state index >= 15 is 0 Å². The normalized spacial score (nSPS) is 19.5. The number of nitrogens with one attached hydrogen (secondary N) is 1. The number of carbonyl (C=O) groups excluding carboxylic acids is 2. The van der Waals surface area contributed by atoms with Crippen molar-refractivity contribution in [3.05, 3.63) is 65.2 Å². The number of benzene rings is 2. The molecule has 0 spiro atoms. The molecule has 25 heavy (non-hydrogen) atoms. The molecule has 2 aromatic carbocycles. The van der Waals surface area contributed by atoms with E-state index in [1.165, 1.54) is 0 Å². The number of carbonyl (C=O) groups is 2. The topological polar surface area (TPSA) is 82.4 Å². The third kappa shape index (κ3) is 2.81. The highest BCUT2D eigenvalue weighted by Gasteiger charge is 2.48. The molecule has 3 amide bonds. The van der Waals surface area contributed by atoms with Crippen molar-refractivity contribution in [3.63, 3.8) is 0 Å². The number of urea groups is 1. The van der Waals surface area contributed by atoms with Crippen molar-refractivity contribution in [2.24, 2.45) is 0 Å². The molecule has 0 aromatic heterocycles. The zero-order chi connectivity index (χ0) is 18.0. The van der Waals surface area contributed by atoms with E-state index in [1.54, 1.807) is 62.6 Å². The van der Waals surface area contributed by atoms with Crippen LogP contribution in [0, 0.1) is 11.3 Å². The fourth-order valence-electron chi connectivity index (χ4n) is 2.90. The maximum atomic E-state index is 12.9. The van der Waals surface area contributed by atoms with Crippen LogP contribution in [0.1, 0.15) is 23.6 Å². The van der Waals surface area contributed by atoms with Gasteiger partial charge >= 0.3 is 6.03 Å². The van der Waals surface area contributed by atoms with Crippen molar-refractivity contribution in [2.45, 2.75) is 19.0 Å². The Morgan fingerprint density at radius 2 is 1.84 bits per heavy atom. The van der Waals surface area contributed by atoms with E-state index in [9.17, 15) is 14.9 Å². The van der Waals surface area contributed by atoms with Crippen LogP contribution in [0.15, 0.2) is 48.5 Å². The highest BCUT2D eigenvalue weighted by Crippen LogP contribution is 2.31. The zero-order valence-corrected chi connectivity index (χ0v) is 13.9. The average Bonchev–Trinajstić information content (AvgIpc) is 2.86. The molecule has 1 aliphatic heterocycles. The lowest BCUT2D eigenvalue weighted by Crippen LogP contribution is -2.40. The fraction of sp³-hybridized carbons (Fsp3) is 0.211. The Morgan fingerprint density at radius 1 is 1.16 bits per heavy atom. The van der Waals surface area contributed by atoms with E-state index in [2.05, 4.69) is 11.4 Å². The summed E-state index contributed by atoms with van der Waals surface area (Å²) in [5.41, 5.74) is 0.599. The predicted octanol–water partition coefficient (Wildman–Crippen LogP) is 2.53. The lowest BCUT2D eigenvalue weighted by molar-refractivity contribution is -0.131. The third-order valence-corrected chi connectivity index (χ3v) is 4.41. The van der Waals surface area contributed by atoms with Crippen LogP contribution >= 0.6 is 0 Å². The summed E-state index contributed by atoms with van der Waals surface area (Å²) >= 11 is 0. The van der Waals surface area contributed by atoms with Gasteiger partial charge in [0.2, 0.25) is 0 Å². The molecule has 1 atom stereocenters. The van der Waals surface area contributed by atoms with Gasteiger partial charge in [0.15, 0.2) is 0 Å². The summed E-state index contributed by atoms with van der Waals surface area (Å²) in [5.74, 6) is 0.319. The highest BCUT2D eigenvalue weighted by atomic mass is 16.5.